The van der Waals surface area contributed by atoms with Crippen LogP contribution in [0.5, 0.6) is 0 Å². The Hall–Kier alpha value is -4.59. The largest absolute Gasteiger partial charge is 0.350 e. The van der Waals surface area contributed by atoms with E-state index < -0.39 is 0 Å². The fourth-order valence-corrected chi connectivity index (χ4v) is 3.29. The third-order valence-corrected chi connectivity index (χ3v) is 5.07. The van der Waals surface area contributed by atoms with Crippen molar-refractivity contribution in [1.82, 2.24) is 25.6 Å². The number of aromatic nitrogens is 4. The number of nitrogens with zero attached hydrogens (tertiary/aromatic N) is 4. The first-order valence-corrected chi connectivity index (χ1v) is 10.3. The van der Waals surface area contributed by atoms with Crippen LogP contribution in [0.4, 0.5) is 0 Å². The van der Waals surface area contributed by atoms with Crippen molar-refractivity contribution in [3.63, 3.8) is 0 Å². The van der Waals surface area contributed by atoms with Gasteiger partial charge in [-0.2, -0.15) is 4.98 Å². The summed E-state index contributed by atoms with van der Waals surface area (Å²) in [5, 5.41) is 10.9. The minimum absolute atomic E-state index is 0.153. The summed E-state index contributed by atoms with van der Waals surface area (Å²) in [6.07, 6.45) is 3.35. The third kappa shape index (κ3) is 4.54. The highest BCUT2D eigenvalue weighted by Gasteiger charge is 2.15. The van der Waals surface area contributed by atoms with Crippen molar-refractivity contribution in [3.05, 3.63) is 96.0 Å². The predicted molar refractivity (Wildman–Crippen MR) is 121 cm³/mol. The first-order valence-electron chi connectivity index (χ1n) is 10.3. The van der Waals surface area contributed by atoms with E-state index in [1.165, 1.54) is 0 Å². The van der Waals surface area contributed by atoms with Crippen molar-refractivity contribution in [2.75, 3.05) is 0 Å². The van der Waals surface area contributed by atoms with Gasteiger partial charge in [0.05, 0.1) is 0 Å². The van der Waals surface area contributed by atoms with Gasteiger partial charge in [0.2, 0.25) is 11.6 Å². The third-order valence-electron chi connectivity index (χ3n) is 5.07. The zero-order valence-corrected chi connectivity index (χ0v) is 17.7. The van der Waals surface area contributed by atoms with Crippen molar-refractivity contribution >= 4 is 5.91 Å². The molecule has 0 aliphatic rings. The summed E-state index contributed by atoms with van der Waals surface area (Å²) < 4.78 is 10.7. The Morgan fingerprint density at radius 3 is 2.52 bits per heavy atom. The normalized spacial score (nSPS) is 10.8. The van der Waals surface area contributed by atoms with Gasteiger partial charge in [0.15, 0.2) is 0 Å². The average Bonchev–Trinajstić information content (AvgIpc) is 3.55. The molecule has 0 saturated heterocycles. The van der Waals surface area contributed by atoms with Crippen LogP contribution in [0.2, 0.25) is 0 Å². The first-order chi connectivity index (χ1) is 16.2. The zero-order chi connectivity index (χ0) is 22.6. The number of rotatable bonds is 6. The second-order valence-corrected chi connectivity index (χ2v) is 7.48. The standard InChI is InChI=1S/C25H19N5O3/c1-16-5-7-18(8-6-16)21-14-22(32-29-21)24(31)27-15-17-3-2-4-20(13-17)25-28-23(30-33-25)19-9-11-26-12-10-19/h2-14H,15H2,1H3,(H,27,31). The maximum absolute atomic E-state index is 12.5. The molecule has 3 heterocycles. The lowest BCUT2D eigenvalue weighted by molar-refractivity contribution is 0.0914. The lowest BCUT2D eigenvalue weighted by atomic mass is 10.1. The number of nitrogens with one attached hydrogen (secondary N) is 1. The Bertz CT molecular complexity index is 1390. The van der Waals surface area contributed by atoms with Crippen molar-refractivity contribution in [2.45, 2.75) is 13.5 Å². The van der Waals surface area contributed by atoms with E-state index in [1.807, 2.05) is 67.6 Å². The molecular formula is C25H19N5O3. The van der Waals surface area contributed by atoms with E-state index >= 15 is 0 Å². The molecule has 0 fully saturated rings. The fourth-order valence-electron chi connectivity index (χ4n) is 3.29. The molecule has 0 radical (unpaired) electrons. The van der Waals surface area contributed by atoms with Crippen molar-refractivity contribution in [2.24, 2.45) is 0 Å². The van der Waals surface area contributed by atoms with Gasteiger partial charge in [-0.25, -0.2) is 0 Å². The molecule has 1 amide bonds. The minimum Gasteiger partial charge on any atom is -0.350 e. The van der Waals surface area contributed by atoms with Gasteiger partial charge in [-0.05, 0) is 36.8 Å². The number of amides is 1. The van der Waals surface area contributed by atoms with E-state index in [4.69, 9.17) is 9.05 Å². The Labute approximate surface area is 189 Å². The van der Waals surface area contributed by atoms with Crippen LogP contribution in [-0.4, -0.2) is 26.2 Å². The van der Waals surface area contributed by atoms with Gasteiger partial charge in [-0.15, -0.1) is 0 Å². The van der Waals surface area contributed by atoms with E-state index in [2.05, 4.69) is 25.6 Å². The molecule has 0 saturated carbocycles. The van der Waals surface area contributed by atoms with E-state index in [-0.39, 0.29) is 11.7 Å². The van der Waals surface area contributed by atoms with Gasteiger partial charge < -0.3 is 14.4 Å². The highest BCUT2D eigenvalue weighted by molar-refractivity contribution is 5.92. The molecule has 2 aromatic carbocycles. The number of hydrogen-bond donors (Lipinski definition) is 1. The topological polar surface area (TPSA) is 107 Å². The van der Waals surface area contributed by atoms with Crippen LogP contribution in [0.15, 0.2) is 88.2 Å². The Balaban J connectivity index is 1.26. The summed E-state index contributed by atoms with van der Waals surface area (Å²) >= 11 is 0. The van der Waals surface area contributed by atoms with Crippen LogP contribution >= 0.6 is 0 Å². The molecule has 5 rings (SSSR count). The molecule has 0 unspecified atom stereocenters. The maximum atomic E-state index is 12.5. The number of carbonyl (C=O) groups is 1. The molecule has 5 aromatic rings. The summed E-state index contributed by atoms with van der Waals surface area (Å²) in [7, 11) is 0. The monoisotopic (exact) mass is 437 g/mol. The molecule has 1 N–H and O–H groups in total. The Kier molecular flexibility index (Phi) is 5.47. The van der Waals surface area contributed by atoms with Crippen LogP contribution in [0.3, 0.4) is 0 Å². The van der Waals surface area contributed by atoms with Gasteiger partial charge in [0.25, 0.3) is 11.8 Å². The number of hydrogen-bond acceptors (Lipinski definition) is 7. The number of pyridine rings is 1. The average molecular weight is 437 g/mol. The highest BCUT2D eigenvalue weighted by atomic mass is 16.5. The molecule has 0 bridgehead atoms. The van der Waals surface area contributed by atoms with Crippen LogP contribution < -0.4 is 5.32 Å². The lowest BCUT2D eigenvalue weighted by Crippen LogP contribution is -2.22. The van der Waals surface area contributed by atoms with Crippen molar-refractivity contribution < 1.29 is 13.8 Å². The summed E-state index contributed by atoms with van der Waals surface area (Å²) in [6, 6.07) is 20.7. The fraction of sp³-hybridized carbons (Fsp3) is 0.0800. The lowest BCUT2D eigenvalue weighted by Gasteiger charge is -2.04. The van der Waals surface area contributed by atoms with Crippen molar-refractivity contribution in [3.8, 4) is 34.1 Å². The molecule has 8 heteroatoms. The maximum Gasteiger partial charge on any atom is 0.290 e. The molecule has 3 aromatic heterocycles. The van der Waals surface area contributed by atoms with Crippen molar-refractivity contribution in [1.29, 1.82) is 0 Å². The molecule has 0 aliphatic heterocycles. The number of benzene rings is 2. The summed E-state index contributed by atoms with van der Waals surface area (Å²) in [5.41, 5.74) is 5.11. The summed E-state index contributed by atoms with van der Waals surface area (Å²) in [6.45, 7) is 2.32. The Morgan fingerprint density at radius 1 is 0.879 bits per heavy atom. The summed E-state index contributed by atoms with van der Waals surface area (Å²) in [4.78, 5) is 21.0. The quantitative estimate of drug-likeness (QED) is 0.410. The minimum atomic E-state index is -0.343. The predicted octanol–water partition coefficient (Wildman–Crippen LogP) is 4.69. The second kappa shape index (κ2) is 8.88. The van der Waals surface area contributed by atoms with Crippen LogP contribution in [0.1, 0.15) is 21.7 Å². The summed E-state index contributed by atoms with van der Waals surface area (Å²) in [5.74, 6) is 0.693. The van der Waals surface area contributed by atoms with Gasteiger partial charge in [0, 0.05) is 41.7 Å². The zero-order valence-electron chi connectivity index (χ0n) is 17.7. The number of carbonyl (C=O) groups excluding carboxylic acids is 1. The molecule has 33 heavy (non-hydrogen) atoms. The first kappa shape index (κ1) is 20.3. The molecular weight excluding hydrogens is 418 g/mol. The van der Waals surface area contributed by atoms with Gasteiger partial charge in [-0.3, -0.25) is 9.78 Å². The van der Waals surface area contributed by atoms with Gasteiger partial charge in [-0.1, -0.05) is 52.3 Å². The molecule has 0 atom stereocenters. The molecule has 0 spiro atoms. The van der Waals surface area contributed by atoms with Gasteiger partial charge in [0.1, 0.15) is 5.69 Å². The second-order valence-electron chi connectivity index (χ2n) is 7.48. The van der Waals surface area contributed by atoms with Crippen LogP contribution in [0.25, 0.3) is 34.1 Å². The smallest absolute Gasteiger partial charge is 0.290 e. The van der Waals surface area contributed by atoms with Crippen LogP contribution in [0, 0.1) is 6.92 Å². The van der Waals surface area contributed by atoms with E-state index in [0.717, 1.165) is 27.8 Å². The van der Waals surface area contributed by atoms with E-state index in [9.17, 15) is 4.79 Å². The number of aryl methyl sites for hydroxylation is 1. The Morgan fingerprint density at radius 2 is 1.70 bits per heavy atom. The van der Waals surface area contributed by atoms with E-state index in [1.54, 1.807) is 18.5 Å². The highest BCUT2D eigenvalue weighted by Crippen LogP contribution is 2.23. The van der Waals surface area contributed by atoms with Crippen LogP contribution in [-0.2, 0) is 6.54 Å². The SMILES string of the molecule is Cc1ccc(-c2cc(C(=O)NCc3cccc(-c4nc(-c5ccncc5)no4)c3)on2)cc1. The molecule has 0 aliphatic carbocycles. The van der Waals surface area contributed by atoms with E-state index in [0.29, 0.717) is 24.0 Å². The molecule has 8 nitrogen and oxygen atoms in total. The van der Waals surface area contributed by atoms with Gasteiger partial charge >= 0.3 is 0 Å². The molecule has 162 valence electrons.